The number of nitrogens with one attached hydrogen (secondary N) is 1. The number of hydrogen-bond donors (Lipinski definition) is 1. The third-order valence-electron chi connectivity index (χ3n) is 4.04. The third-order valence-corrected chi connectivity index (χ3v) is 6.96. The minimum Gasteiger partial charge on any atom is -0.356 e. The molecule has 0 amide bonds. The van der Waals surface area contributed by atoms with Gasteiger partial charge in [-0.15, -0.1) is 24.0 Å². The van der Waals surface area contributed by atoms with Crippen LogP contribution in [0.15, 0.2) is 4.99 Å². The molecule has 0 saturated carbocycles. The Balaban J connectivity index is 0.00000529. The van der Waals surface area contributed by atoms with Crippen LogP contribution in [0, 0.1) is 5.92 Å². The van der Waals surface area contributed by atoms with E-state index in [1.807, 2.05) is 25.7 Å². The van der Waals surface area contributed by atoms with E-state index in [2.05, 4.69) is 29.1 Å². The van der Waals surface area contributed by atoms with Crippen molar-refractivity contribution >= 4 is 51.7 Å². The molecule has 1 heterocycles. The normalized spacial score (nSPS) is 19.5. The molecule has 0 aromatic heterocycles. The zero-order valence-electron chi connectivity index (χ0n) is 15.5. The Kier molecular flexibility index (Phi) is 11.9. The maximum atomic E-state index is 11.6. The van der Waals surface area contributed by atoms with Crippen molar-refractivity contribution in [1.29, 1.82) is 0 Å². The van der Waals surface area contributed by atoms with Gasteiger partial charge in [0.25, 0.3) is 0 Å². The highest BCUT2D eigenvalue weighted by Crippen LogP contribution is 2.24. The third kappa shape index (κ3) is 8.09. The number of nitrogens with zero attached hydrogens (tertiary/aromatic N) is 3. The van der Waals surface area contributed by atoms with Crippen LogP contribution in [-0.4, -0.2) is 80.6 Å². The fraction of sp³-hybridized carbons (Fsp3) is 0.933. The van der Waals surface area contributed by atoms with E-state index < -0.39 is 10.0 Å². The molecule has 1 atom stereocenters. The average molecular weight is 492 g/mol. The fourth-order valence-corrected chi connectivity index (χ4v) is 4.85. The first-order valence-corrected chi connectivity index (χ1v) is 11.2. The van der Waals surface area contributed by atoms with E-state index in [0.29, 0.717) is 24.3 Å². The highest BCUT2D eigenvalue weighted by atomic mass is 127. The molecule has 1 N–H and O–H groups in total. The summed E-state index contributed by atoms with van der Waals surface area (Å²) in [5.41, 5.74) is 0. The smallest absolute Gasteiger partial charge is 0.211 e. The summed E-state index contributed by atoms with van der Waals surface area (Å²) in [6, 6.07) is 0. The Morgan fingerprint density at radius 1 is 1.46 bits per heavy atom. The standard InChI is InChI=1S/C15H32N4O2S2.HI/c1-6-19(23(5,20)21)9-7-8-17-15(16-4)18-10-11-22-14(12-18)13(2)3;/h13-14H,6-12H2,1-5H3,(H,16,17);1H. The van der Waals surface area contributed by atoms with Gasteiger partial charge in [-0.3, -0.25) is 4.99 Å². The summed E-state index contributed by atoms with van der Waals surface area (Å²) in [5.74, 6) is 2.72. The molecule has 1 aliphatic heterocycles. The van der Waals surface area contributed by atoms with E-state index in [-0.39, 0.29) is 24.0 Å². The van der Waals surface area contributed by atoms with Gasteiger partial charge in [0.15, 0.2) is 5.96 Å². The monoisotopic (exact) mass is 492 g/mol. The molecule has 1 aliphatic rings. The predicted molar refractivity (Wildman–Crippen MR) is 116 cm³/mol. The van der Waals surface area contributed by atoms with Crippen LogP contribution in [0.4, 0.5) is 0 Å². The number of guanidine groups is 1. The Morgan fingerprint density at radius 3 is 2.62 bits per heavy atom. The molecule has 0 spiro atoms. The Hall–Kier alpha value is 0.260. The van der Waals surface area contributed by atoms with Crippen molar-refractivity contribution in [3.63, 3.8) is 0 Å². The van der Waals surface area contributed by atoms with Gasteiger partial charge in [-0.05, 0) is 12.3 Å². The molecule has 1 fully saturated rings. The van der Waals surface area contributed by atoms with Gasteiger partial charge in [0, 0.05) is 50.8 Å². The number of rotatable bonds is 7. The van der Waals surface area contributed by atoms with Crippen LogP contribution in [0.5, 0.6) is 0 Å². The van der Waals surface area contributed by atoms with Crippen LogP contribution in [0.3, 0.4) is 0 Å². The van der Waals surface area contributed by atoms with Crippen LogP contribution >= 0.6 is 35.7 Å². The molecular formula is C15H33IN4O2S2. The maximum Gasteiger partial charge on any atom is 0.211 e. The zero-order chi connectivity index (χ0) is 17.5. The van der Waals surface area contributed by atoms with Crippen LogP contribution < -0.4 is 5.32 Å². The molecule has 24 heavy (non-hydrogen) atoms. The fourth-order valence-electron chi connectivity index (χ4n) is 2.62. The lowest BCUT2D eigenvalue weighted by molar-refractivity contribution is 0.378. The van der Waals surface area contributed by atoms with E-state index in [9.17, 15) is 8.42 Å². The molecule has 1 saturated heterocycles. The van der Waals surface area contributed by atoms with E-state index in [1.54, 1.807) is 0 Å². The largest absolute Gasteiger partial charge is 0.356 e. The van der Waals surface area contributed by atoms with Gasteiger partial charge in [-0.25, -0.2) is 12.7 Å². The first-order valence-electron chi connectivity index (χ1n) is 8.31. The summed E-state index contributed by atoms with van der Waals surface area (Å²) in [6.07, 6.45) is 2.04. The average Bonchev–Trinajstić information content (AvgIpc) is 2.49. The van der Waals surface area contributed by atoms with Crippen molar-refractivity contribution in [2.45, 2.75) is 32.4 Å². The lowest BCUT2D eigenvalue weighted by Crippen LogP contribution is -2.49. The van der Waals surface area contributed by atoms with Gasteiger partial charge in [0.1, 0.15) is 0 Å². The number of aliphatic imine (C=N–C) groups is 1. The Bertz CT molecular complexity index is 486. The molecule has 0 radical (unpaired) electrons. The molecule has 6 nitrogen and oxygen atoms in total. The molecule has 0 aromatic rings. The van der Waals surface area contributed by atoms with Gasteiger partial charge < -0.3 is 10.2 Å². The minimum atomic E-state index is -3.10. The highest BCUT2D eigenvalue weighted by Gasteiger charge is 2.24. The first kappa shape index (κ1) is 24.3. The lowest BCUT2D eigenvalue weighted by Gasteiger charge is -2.36. The van der Waals surface area contributed by atoms with Crippen molar-refractivity contribution in [3.8, 4) is 0 Å². The Morgan fingerprint density at radius 2 is 2.12 bits per heavy atom. The summed E-state index contributed by atoms with van der Waals surface area (Å²) in [4.78, 5) is 6.70. The van der Waals surface area contributed by atoms with Crippen LogP contribution in [0.1, 0.15) is 27.2 Å². The van der Waals surface area contributed by atoms with Gasteiger partial charge >= 0.3 is 0 Å². The Labute approximate surface area is 169 Å². The van der Waals surface area contributed by atoms with Gasteiger partial charge in [-0.1, -0.05) is 20.8 Å². The van der Waals surface area contributed by atoms with E-state index in [4.69, 9.17) is 0 Å². The van der Waals surface area contributed by atoms with Crippen LogP contribution in [0.25, 0.3) is 0 Å². The van der Waals surface area contributed by atoms with Crippen molar-refractivity contribution in [2.24, 2.45) is 10.9 Å². The van der Waals surface area contributed by atoms with Crippen molar-refractivity contribution in [2.75, 3.05) is 51.8 Å². The van der Waals surface area contributed by atoms with E-state index in [1.165, 1.54) is 10.6 Å². The number of halogens is 1. The maximum absolute atomic E-state index is 11.6. The van der Waals surface area contributed by atoms with Gasteiger partial charge in [0.05, 0.1) is 6.26 Å². The second kappa shape index (κ2) is 11.8. The highest BCUT2D eigenvalue weighted by molar-refractivity contribution is 14.0. The molecule has 1 unspecified atom stereocenters. The minimum absolute atomic E-state index is 0. The topological polar surface area (TPSA) is 65.0 Å². The van der Waals surface area contributed by atoms with Crippen LogP contribution in [0.2, 0.25) is 0 Å². The SMILES string of the molecule is CCN(CCCNC(=NC)N1CCSC(C(C)C)C1)S(C)(=O)=O.I. The molecular weight excluding hydrogens is 459 g/mol. The molecule has 144 valence electrons. The van der Waals surface area contributed by atoms with E-state index >= 15 is 0 Å². The van der Waals surface area contributed by atoms with Crippen molar-refractivity contribution < 1.29 is 8.42 Å². The summed E-state index contributed by atoms with van der Waals surface area (Å²) in [5, 5.41) is 4.02. The predicted octanol–water partition coefficient (Wildman–Crippen LogP) is 1.92. The first-order chi connectivity index (χ1) is 10.8. The zero-order valence-corrected chi connectivity index (χ0v) is 19.5. The van der Waals surface area contributed by atoms with Crippen LogP contribution in [-0.2, 0) is 10.0 Å². The van der Waals surface area contributed by atoms with Crippen molar-refractivity contribution in [1.82, 2.24) is 14.5 Å². The lowest BCUT2D eigenvalue weighted by atomic mass is 10.1. The number of thioether (sulfide) groups is 1. The second-order valence-electron chi connectivity index (χ2n) is 6.18. The summed E-state index contributed by atoms with van der Waals surface area (Å²) in [7, 11) is -1.29. The second-order valence-corrected chi connectivity index (χ2v) is 9.51. The summed E-state index contributed by atoms with van der Waals surface area (Å²) >= 11 is 2.04. The summed E-state index contributed by atoms with van der Waals surface area (Å²) < 4.78 is 24.6. The quantitative estimate of drug-likeness (QED) is 0.255. The molecule has 0 bridgehead atoms. The van der Waals surface area contributed by atoms with Crippen molar-refractivity contribution in [3.05, 3.63) is 0 Å². The number of hydrogen-bond acceptors (Lipinski definition) is 4. The molecule has 9 heteroatoms. The van der Waals surface area contributed by atoms with Gasteiger partial charge in [0.2, 0.25) is 10.0 Å². The molecule has 0 aromatic carbocycles. The summed E-state index contributed by atoms with van der Waals surface area (Å²) in [6.45, 7) is 10.2. The molecule has 0 aliphatic carbocycles. The van der Waals surface area contributed by atoms with E-state index in [0.717, 1.165) is 37.8 Å². The number of sulfonamides is 1. The van der Waals surface area contributed by atoms with Gasteiger partial charge in [-0.2, -0.15) is 11.8 Å². The molecule has 1 rings (SSSR count).